The molecule has 2 rings (SSSR count). The summed E-state index contributed by atoms with van der Waals surface area (Å²) in [6, 6.07) is 2.80. The number of benzene rings is 1. The second-order valence-electron chi connectivity index (χ2n) is 6.50. The fourth-order valence-electron chi connectivity index (χ4n) is 2.84. The number of rotatable bonds is 7. The van der Waals surface area contributed by atoms with Crippen LogP contribution in [0.3, 0.4) is 0 Å². The van der Waals surface area contributed by atoms with Crippen molar-refractivity contribution in [3.63, 3.8) is 0 Å². The van der Waals surface area contributed by atoms with Crippen molar-refractivity contribution in [1.29, 1.82) is 0 Å². The first-order valence-electron chi connectivity index (χ1n) is 8.61. The van der Waals surface area contributed by atoms with E-state index >= 15 is 0 Å². The summed E-state index contributed by atoms with van der Waals surface area (Å²) in [5.74, 6) is -2.18. The summed E-state index contributed by atoms with van der Waals surface area (Å²) in [7, 11) is -6.29. The second-order valence-corrected chi connectivity index (χ2v) is 10.5. The molecule has 0 aromatic heterocycles. The van der Waals surface area contributed by atoms with Gasteiger partial charge in [-0.05, 0) is 39.1 Å². The molecule has 0 bridgehead atoms. The number of hydrogen-bond acceptors (Lipinski definition) is 6. The molecule has 0 radical (unpaired) electrons. The van der Waals surface area contributed by atoms with Gasteiger partial charge in [0.1, 0.15) is 5.82 Å². The van der Waals surface area contributed by atoms with Crippen LogP contribution < -0.4 is 10.0 Å². The van der Waals surface area contributed by atoms with E-state index in [0.717, 1.165) is 18.2 Å². The minimum atomic E-state index is -3.85. The van der Waals surface area contributed by atoms with Crippen LogP contribution in [0.15, 0.2) is 23.1 Å². The van der Waals surface area contributed by atoms with Crippen LogP contribution in [0.2, 0.25) is 0 Å². The van der Waals surface area contributed by atoms with Gasteiger partial charge in [-0.15, -0.1) is 0 Å². The highest BCUT2D eigenvalue weighted by atomic mass is 32.2. The predicted octanol–water partition coefficient (Wildman–Crippen LogP) is -0.0974. The van der Waals surface area contributed by atoms with Gasteiger partial charge in [0.15, 0.2) is 0 Å². The zero-order valence-corrected chi connectivity index (χ0v) is 17.4. The van der Waals surface area contributed by atoms with Crippen LogP contribution in [0.5, 0.6) is 0 Å². The molecule has 1 fully saturated rings. The molecule has 9 nitrogen and oxygen atoms in total. The van der Waals surface area contributed by atoms with Crippen molar-refractivity contribution in [3.8, 4) is 0 Å². The highest BCUT2D eigenvalue weighted by Crippen LogP contribution is 2.16. The first-order valence-corrected chi connectivity index (χ1v) is 11.7. The van der Waals surface area contributed by atoms with Crippen molar-refractivity contribution < 1.29 is 30.8 Å². The van der Waals surface area contributed by atoms with Crippen LogP contribution in [0.25, 0.3) is 0 Å². The molecule has 158 valence electrons. The molecule has 2 unspecified atom stereocenters. The van der Waals surface area contributed by atoms with Gasteiger partial charge in [0.25, 0.3) is 5.91 Å². The topological polar surface area (TPSA) is 122 Å². The number of carbonyl (C=O) groups is 1. The van der Waals surface area contributed by atoms with E-state index in [4.69, 9.17) is 4.74 Å². The molecule has 0 saturated carbocycles. The zero-order valence-electron chi connectivity index (χ0n) is 15.8. The quantitative estimate of drug-likeness (QED) is 0.615. The van der Waals surface area contributed by atoms with Crippen LogP contribution >= 0.6 is 0 Å². The standard InChI is InChI=1S/C16H24FN3O6S2/c1-11-9-20(10-12(2)26-11)27(22,23)7-6-19-16(21)14-8-13(4-5-15(14)17)28(24,25)18-3/h4-5,8,11-12,18H,6-7,9-10H2,1-3H3,(H,19,21). The van der Waals surface area contributed by atoms with Crippen LogP contribution in [-0.4, -0.2) is 71.7 Å². The van der Waals surface area contributed by atoms with Gasteiger partial charge in [0.05, 0.1) is 28.4 Å². The lowest BCUT2D eigenvalue weighted by atomic mass is 10.2. The lowest BCUT2D eigenvalue weighted by molar-refractivity contribution is -0.0440. The Kier molecular flexibility index (Phi) is 7.15. The van der Waals surface area contributed by atoms with Gasteiger partial charge >= 0.3 is 0 Å². The third-order valence-electron chi connectivity index (χ3n) is 4.19. The summed E-state index contributed by atoms with van der Waals surface area (Å²) in [5, 5.41) is 2.32. The Hall–Kier alpha value is -1.60. The fraction of sp³-hybridized carbons (Fsp3) is 0.562. The Morgan fingerprint density at radius 1 is 1.21 bits per heavy atom. The minimum Gasteiger partial charge on any atom is -0.373 e. The number of sulfonamides is 2. The number of nitrogens with one attached hydrogen (secondary N) is 2. The molecule has 2 atom stereocenters. The monoisotopic (exact) mass is 437 g/mol. The van der Waals surface area contributed by atoms with Crippen LogP contribution in [0.4, 0.5) is 4.39 Å². The maximum atomic E-state index is 13.9. The lowest BCUT2D eigenvalue weighted by Crippen LogP contribution is -2.49. The van der Waals surface area contributed by atoms with E-state index in [0.29, 0.717) is 0 Å². The van der Waals surface area contributed by atoms with E-state index in [9.17, 15) is 26.0 Å². The smallest absolute Gasteiger partial charge is 0.254 e. The number of halogens is 1. The number of carbonyl (C=O) groups excluding carboxylic acids is 1. The molecule has 12 heteroatoms. The number of nitrogens with zero attached hydrogens (tertiary/aromatic N) is 1. The number of hydrogen-bond donors (Lipinski definition) is 2. The van der Waals surface area contributed by atoms with Gasteiger partial charge in [-0.25, -0.2) is 25.9 Å². The highest BCUT2D eigenvalue weighted by molar-refractivity contribution is 7.89. The Morgan fingerprint density at radius 2 is 1.82 bits per heavy atom. The normalized spacial score (nSPS) is 21.4. The van der Waals surface area contributed by atoms with Crippen molar-refractivity contribution in [2.45, 2.75) is 31.0 Å². The lowest BCUT2D eigenvalue weighted by Gasteiger charge is -2.34. The molecule has 1 aromatic rings. The van der Waals surface area contributed by atoms with Gasteiger partial charge in [-0.3, -0.25) is 4.79 Å². The summed E-state index contributed by atoms with van der Waals surface area (Å²) in [4.78, 5) is 11.9. The van der Waals surface area contributed by atoms with Crippen LogP contribution in [-0.2, 0) is 24.8 Å². The Morgan fingerprint density at radius 3 is 2.39 bits per heavy atom. The molecule has 0 aliphatic carbocycles. The molecule has 1 aromatic carbocycles. The third-order valence-corrected chi connectivity index (χ3v) is 7.40. The Bertz CT molecular complexity index is 926. The van der Waals surface area contributed by atoms with E-state index in [-0.39, 0.29) is 42.5 Å². The Labute approximate surface area is 164 Å². The summed E-state index contributed by atoms with van der Waals surface area (Å²) in [6.45, 7) is 3.74. The highest BCUT2D eigenvalue weighted by Gasteiger charge is 2.30. The summed E-state index contributed by atoms with van der Waals surface area (Å²) in [5.41, 5.74) is -0.484. The van der Waals surface area contributed by atoms with E-state index in [1.54, 1.807) is 13.8 Å². The van der Waals surface area contributed by atoms with E-state index in [2.05, 4.69) is 10.0 Å². The average molecular weight is 438 g/mol. The largest absolute Gasteiger partial charge is 0.373 e. The van der Waals surface area contributed by atoms with E-state index < -0.39 is 37.3 Å². The molecule has 1 aliphatic rings. The van der Waals surface area contributed by atoms with Gasteiger partial charge in [0.2, 0.25) is 20.0 Å². The molecule has 2 N–H and O–H groups in total. The molecule has 28 heavy (non-hydrogen) atoms. The molecular weight excluding hydrogens is 413 g/mol. The Balaban J connectivity index is 2.03. The molecule has 1 amide bonds. The molecule has 1 heterocycles. The summed E-state index contributed by atoms with van der Waals surface area (Å²) < 4.78 is 71.3. The minimum absolute atomic E-state index is 0.221. The molecular formula is C16H24FN3O6S2. The molecule has 0 spiro atoms. The third kappa shape index (κ3) is 5.47. The van der Waals surface area contributed by atoms with Crippen LogP contribution in [0, 0.1) is 5.82 Å². The number of ether oxygens (including phenoxy) is 1. The zero-order chi connectivity index (χ0) is 21.1. The molecule has 1 saturated heterocycles. The van der Waals surface area contributed by atoms with Crippen molar-refractivity contribution in [2.75, 3.05) is 32.4 Å². The van der Waals surface area contributed by atoms with Crippen molar-refractivity contribution in [2.24, 2.45) is 0 Å². The van der Waals surface area contributed by atoms with Crippen LogP contribution in [0.1, 0.15) is 24.2 Å². The average Bonchev–Trinajstić information content (AvgIpc) is 2.60. The van der Waals surface area contributed by atoms with Gasteiger partial charge in [-0.1, -0.05) is 0 Å². The van der Waals surface area contributed by atoms with Gasteiger partial charge in [0, 0.05) is 19.6 Å². The summed E-state index contributed by atoms with van der Waals surface area (Å²) >= 11 is 0. The predicted molar refractivity (Wildman–Crippen MR) is 100 cm³/mol. The van der Waals surface area contributed by atoms with Crippen molar-refractivity contribution in [3.05, 3.63) is 29.6 Å². The first kappa shape index (κ1) is 22.7. The SMILES string of the molecule is CNS(=O)(=O)c1ccc(F)c(C(=O)NCCS(=O)(=O)N2CC(C)OC(C)C2)c1. The fourth-order valence-corrected chi connectivity index (χ4v) is 5.09. The summed E-state index contributed by atoms with van der Waals surface area (Å²) in [6.07, 6.45) is -0.474. The van der Waals surface area contributed by atoms with Gasteiger partial charge < -0.3 is 10.1 Å². The number of morpholine rings is 1. The van der Waals surface area contributed by atoms with Crippen molar-refractivity contribution >= 4 is 26.0 Å². The van der Waals surface area contributed by atoms with E-state index in [1.807, 2.05) is 0 Å². The van der Waals surface area contributed by atoms with Crippen molar-refractivity contribution in [1.82, 2.24) is 14.3 Å². The number of amides is 1. The first-order chi connectivity index (χ1) is 13.0. The maximum Gasteiger partial charge on any atom is 0.254 e. The van der Waals surface area contributed by atoms with E-state index in [1.165, 1.54) is 11.4 Å². The maximum absolute atomic E-state index is 13.9. The van der Waals surface area contributed by atoms with Gasteiger partial charge in [-0.2, -0.15) is 4.31 Å². The second kappa shape index (κ2) is 8.82. The molecule has 1 aliphatic heterocycles.